The number of nitrogens with zero attached hydrogens (tertiary/aromatic N) is 2. The molecule has 0 N–H and O–H groups in total. The first-order valence-corrected chi connectivity index (χ1v) is 9.96. The van der Waals surface area contributed by atoms with E-state index in [0.29, 0.717) is 4.90 Å². The van der Waals surface area contributed by atoms with Crippen LogP contribution in [0.5, 0.6) is 5.75 Å². The van der Waals surface area contributed by atoms with Gasteiger partial charge in [-0.25, -0.2) is 9.78 Å². The number of carboxylic acid groups (broad SMARTS) is 1. The quantitative estimate of drug-likeness (QED) is 0.445. The van der Waals surface area contributed by atoms with Crippen LogP contribution in [0.1, 0.15) is 38.0 Å². The smallest absolute Gasteiger partial charge is 0.461 e. The van der Waals surface area contributed by atoms with Crippen LogP contribution in [-0.2, 0) is 11.2 Å². The van der Waals surface area contributed by atoms with Crippen molar-refractivity contribution in [3.05, 3.63) is 59.7 Å². The van der Waals surface area contributed by atoms with E-state index in [1.54, 1.807) is 20.8 Å². The number of halogens is 5. The van der Waals surface area contributed by atoms with Gasteiger partial charge in [0.2, 0.25) is 5.95 Å². The van der Waals surface area contributed by atoms with Crippen LogP contribution in [0.25, 0.3) is 0 Å². The fourth-order valence-electron chi connectivity index (χ4n) is 4.09. The van der Waals surface area contributed by atoms with E-state index in [4.69, 9.17) is 4.74 Å². The summed E-state index contributed by atoms with van der Waals surface area (Å²) >= 11 is 0. The monoisotopic (exact) mass is 487 g/mol. The zero-order valence-corrected chi connectivity index (χ0v) is 18.2. The van der Waals surface area contributed by atoms with Crippen molar-refractivity contribution in [3.63, 3.8) is 0 Å². The van der Waals surface area contributed by atoms with Gasteiger partial charge in [-0.05, 0) is 29.2 Å². The Balaban J connectivity index is 2.15. The fraction of sp³-hybridized carbons (Fsp3) is 0.409. The molecular formula is C22H20F5N2O5-. The number of aromatic nitrogens is 1. The molecule has 1 aliphatic heterocycles. The topological polar surface area (TPSA) is 91.8 Å². The van der Waals surface area contributed by atoms with E-state index in [1.165, 1.54) is 18.2 Å². The van der Waals surface area contributed by atoms with Crippen LogP contribution in [0.15, 0.2) is 42.6 Å². The lowest BCUT2D eigenvalue weighted by Gasteiger charge is -2.49. The largest absolute Gasteiger partial charge is 0.529 e. The molecule has 2 aromatic rings. The first-order valence-electron chi connectivity index (χ1n) is 9.96. The number of hydrogen-bond acceptors (Lipinski definition) is 6. The number of carbonyl (C=O) groups is 2. The van der Waals surface area contributed by atoms with Crippen LogP contribution in [0.3, 0.4) is 0 Å². The molecule has 2 amide bonds. The number of cyclic esters (lactones) is 1. The number of carbonyl (C=O) groups excluding carboxylic acids is 2. The van der Waals surface area contributed by atoms with Crippen molar-refractivity contribution in [2.24, 2.45) is 5.41 Å². The average Bonchev–Trinajstić information content (AvgIpc) is 3.01. The molecule has 1 aliphatic rings. The lowest BCUT2D eigenvalue weighted by molar-refractivity contribution is -0.268. The Morgan fingerprint density at radius 2 is 1.94 bits per heavy atom. The van der Waals surface area contributed by atoms with E-state index in [9.17, 15) is 36.6 Å². The molecule has 7 nitrogen and oxygen atoms in total. The molecule has 1 aromatic heterocycles. The van der Waals surface area contributed by atoms with Crippen LogP contribution < -0.4 is 9.84 Å². The highest BCUT2D eigenvalue weighted by Crippen LogP contribution is 2.53. The van der Waals surface area contributed by atoms with Crippen LogP contribution >= 0.6 is 0 Å². The summed E-state index contributed by atoms with van der Waals surface area (Å²) in [6.45, 7) is 4.79. The maximum absolute atomic E-state index is 13.9. The summed E-state index contributed by atoms with van der Waals surface area (Å²) in [5.74, 6) is -1.52. The molecule has 0 saturated carbocycles. The van der Waals surface area contributed by atoms with Gasteiger partial charge in [-0.15, -0.1) is 0 Å². The minimum Gasteiger partial charge on any atom is -0.529 e. The number of benzene rings is 1. The first-order chi connectivity index (χ1) is 15.7. The second kappa shape index (κ2) is 8.73. The highest BCUT2D eigenvalue weighted by atomic mass is 19.3. The molecule has 12 heteroatoms. The molecule has 3 rings (SSSR count). The zero-order chi connectivity index (χ0) is 25.5. The lowest BCUT2D eigenvalue weighted by Crippen LogP contribution is -2.63. The van der Waals surface area contributed by atoms with Gasteiger partial charge in [0.15, 0.2) is 6.10 Å². The Bertz CT molecular complexity index is 1090. The predicted octanol–water partition coefficient (Wildman–Crippen LogP) is 4.32. The molecule has 1 aromatic carbocycles. The molecule has 0 spiro atoms. The first kappa shape index (κ1) is 25.2. The van der Waals surface area contributed by atoms with Gasteiger partial charge in [0.25, 0.3) is 0 Å². The van der Waals surface area contributed by atoms with E-state index < -0.39 is 53.5 Å². The molecule has 34 heavy (non-hydrogen) atoms. The average molecular weight is 487 g/mol. The summed E-state index contributed by atoms with van der Waals surface area (Å²) in [6, 6.07) is 6.99. The summed E-state index contributed by atoms with van der Waals surface area (Å²) in [5.41, 5.74) is -2.61. The van der Waals surface area contributed by atoms with Gasteiger partial charge < -0.3 is 19.4 Å². The van der Waals surface area contributed by atoms with Crippen LogP contribution in [0.4, 0.5) is 31.5 Å². The number of alkyl halides is 4. The van der Waals surface area contributed by atoms with Gasteiger partial charge in [0.05, 0.1) is 0 Å². The number of rotatable bonds is 6. The highest BCUT2D eigenvalue weighted by molar-refractivity contribution is 5.89. The molecule has 1 fully saturated rings. The van der Waals surface area contributed by atoms with Gasteiger partial charge in [0.1, 0.15) is 17.4 Å². The van der Waals surface area contributed by atoms with Crippen molar-refractivity contribution in [2.45, 2.75) is 51.4 Å². The molecular weight excluding hydrogens is 467 g/mol. The second-order valence-electron chi connectivity index (χ2n) is 8.74. The molecule has 2 atom stereocenters. The summed E-state index contributed by atoms with van der Waals surface area (Å²) < 4.78 is 75.3. The number of hydrogen-bond donors (Lipinski definition) is 0. The number of ether oxygens (including phenoxy) is 2. The van der Waals surface area contributed by atoms with Gasteiger partial charge in [-0.2, -0.15) is 22.0 Å². The van der Waals surface area contributed by atoms with Crippen LogP contribution in [0.2, 0.25) is 0 Å². The Kier molecular flexibility index (Phi) is 6.47. The Hall–Kier alpha value is -3.44. The van der Waals surface area contributed by atoms with Crippen molar-refractivity contribution < 1.29 is 46.1 Å². The standard InChI is InChI=1S/C22H21F5N2O5/c1-20(2,3)21(11-12-5-4-6-14(9-12)34-22(26,27)17(24)25)16(13-7-8-28-15(23)10-13)33-19(32)29(21)18(30)31/h4-10,16-17H,11H2,1-3H3,(H,30,31)/p-1. The van der Waals surface area contributed by atoms with E-state index >= 15 is 0 Å². The molecule has 2 unspecified atom stereocenters. The van der Waals surface area contributed by atoms with Crippen LogP contribution in [0, 0.1) is 11.4 Å². The van der Waals surface area contributed by atoms with E-state index in [-0.39, 0.29) is 17.5 Å². The third-order valence-electron chi connectivity index (χ3n) is 5.65. The van der Waals surface area contributed by atoms with E-state index in [0.717, 1.165) is 24.4 Å². The molecule has 184 valence electrons. The van der Waals surface area contributed by atoms with Gasteiger partial charge in [-0.1, -0.05) is 32.9 Å². The molecule has 0 aliphatic carbocycles. The maximum Gasteiger partial charge on any atom is 0.461 e. The number of amides is 2. The molecule has 0 radical (unpaired) electrons. The molecule has 2 heterocycles. The fourth-order valence-corrected chi connectivity index (χ4v) is 4.09. The highest BCUT2D eigenvalue weighted by Gasteiger charge is 2.62. The van der Waals surface area contributed by atoms with Gasteiger partial charge in [0, 0.05) is 24.2 Å². The van der Waals surface area contributed by atoms with Crippen molar-refractivity contribution in [1.82, 2.24) is 9.88 Å². The van der Waals surface area contributed by atoms with E-state index in [2.05, 4.69) is 9.72 Å². The molecule has 0 bridgehead atoms. The van der Waals surface area contributed by atoms with Crippen molar-refractivity contribution in [2.75, 3.05) is 0 Å². The van der Waals surface area contributed by atoms with Crippen molar-refractivity contribution in [1.29, 1.82) is 0 Å². The number of pyridine rings is 1. The van der Waals surface area contributed by atoms with E-state index in [1.807, 2.05) is 0 Å². The minimum absolute atomic E-state index is 0.0937. The second-order valence-corrected chi connectivity index (χ2v) is 8.74. The Labute approximate surface area is 191 Å². The summed E-state index contributed by atoms with van der Waals surface area (Å²) in [7, 11) is 0. The molecule has 1 saturated heterocycles. The van der Waals surface area contributed by atoms with Crippen molar-refractivity contribution >= 4 is 12.2 Å². The maximum atomic E-state index is 13.9. The van der Waals surface area contributed by atoms with Gasteiger partial charge in [-0.3, -0.25) is 4.90 Å². The zero-order valence-electron chi connectivity index (χ0n) is 18.2. The minimum atomic E-state index is -4.76. The van der Waals surface area contributed by atoms with Crippen LogP contribution in [-0.4, -0.2) is 40.1 Å². The van der Waals surface area contributed by atoms with Gasteiger partial charge >= 0.3 is 18.6 Å². The summed E-state index contributed by atoms with van der Waals surface area (Å²) in [6.07, 6.45) is -12.6. The SMILES string of the molecule is CC(C)(C)C1(Cc2cccc(OC(F)(F)C(F)F)c2)C(c2ccnc(F)c2)OC(=O)N1C(=O)[O-]. The Morgan fingerprint density at radius 3 is 2.50 bits per heavy atom. The lowest BCUT2D eigenvalue weighted by atomic mass is 9.65. The Morgan fingerprint density at radius 1 is 1.26 bits per heavy atom. The normalized spacial score (nSPS) is 21.0. The van der Waals surface area contributed by atoms with Crippen molar-refractivity contribution in [3.8, 4) is 5.75 Å². The summed E-state index contributed by atoms with van der Waals surface area (Å²) in [4.78, 5) is 28.5. The summed E-state index contributed by atoms with van der Waals surface area (Å²) in [5, 5.41) is 12.1. The number of imide groups is 1. The third-order valence-corrected chi connectivity index (χ3v) is 5.65. The third kappa shape index (κ3) is 4.48. The predicted molar refractivity (Wildman–Crippen MR) is 105 cm³/mol.